The molecule has 3 fully saturated rings. The predicted octanol–water partition coefficient (Wildman–Crippen LogP) is 4.48. The Balaban J connectivity index is 1.24. The van der Waals surface area contributed by atoms with Crippen LogP contribution in [0.15, 0.2) is 34.7 Å². The number of benzene rings is 1. The summed E-state index contributed by atoms with van der Waals surface area (Å²) in [5, 5.41) is 8.81. The van der Waals surface area contributed by atoms with E-state index in [1.54, 1.807) is 0 Å². The Morgan fingerprint density at radius 1 is 1.07 bits per heavy atom. The highest BCUT2D eigenvalue weighted by Gasteiger charge is 2.47. The van der Waals surface area contributed by atoms with Gasteiger partial charge in [0.1, 0.15) is 0 Å². The van der Waals surface area contributed by atoms with Crippen molar-refractivity contribution < 1.29 is 9.21 Å². The van der Waals surface area contributed by atoms with Crippen LogP contribution in [0.1, 0.15) is 80.5 Å². The van der Waals surface area contributed by atoms with Crippen LogP contribution in [0.25, 0.3) is 0 Å². The summed E-state index contributed by atoms with van der Waals surface area (Å²) in [4.78, 5) is 14.4. The second kappa shape index (κ2) is 7.34. The first-order valence-corrected chi connectivity index (χ1v) is 10.9. The van der Waals surface area contributed by atoms with E-state index in [4.69, 9.17) is 4.42 Å². The van der Waals surface area contributed by atoms with E-state index in [2.05, 4.69) is 47.5 Å². The number of carbonyl (C=O) groups is 1. The molecular formula is C23H29N3O2. The lowest BCUT2D eigenvalue weighted by Crippen LogP contribution is -2.49. The zero-order chi connectivity index (χ0) is 19.1. The van der Waals surface area contributed by atoms with Crippen LogP contribution in [-0.2, 0) is 4.79 Å². The van der Waals surface area contributed by atoms with Crippen LogP contribution in [0, 0.1) is 11.8 Å². The first-order valence-electron chi connectivity index (χ1n) is 10.9. The van der Waals surface area contributed by atoms with Gasteiger partial charge in [-0.15, -0.1) is 10.2 Å². The maximum Gasteiger partial charge on any atom is 0.226 e. The number of nitrogens with zero attached hydrogens (tertiary/aromatic N) is 3. The van der Waals surface area contributed by atoms with Crippen LogP contribution < -0.4 is 0 Å². The third kappa shape index (κ3) is 3.25. The molecule has 0 radical (unpaired) electrons. The Kier molecular flexibility index (Phi) is 4.69. The third-order valence-electron chi connectivity index (χ3n) is 7.07. The SMILES string of the molecule is CCC1CC1C(=O)N1CC(c2nnc(C3CCCCC3c3ccccc3)o2)C1. The van der Waals surface area contributed by atoms with Crippen LogP contribution in [0.2, 0.25) is 0 Å². The van der Waals surface area contributed by atoms with Gasteiger partial charge >= 0.3 is 0 Å². The minimum Gasteiger partial charge on any atom is -0.425 e. The van der Waals surface area contributed by atoms with E-state index in [-0.39, 0.29) is 11.8 Å². The summed E-state index contributed by atoms with van der Waals surface area (Å²) in [7, 11) is 0. The Hall–Kier alpha value is -2.17. The van der Waals surface area contributed by atoms with Crippen molar-refractivity contribution in [3.63, 3.8) is 0 Å². The molecule has 5 heteroatoms. The molecule has 0 bridgehead atoms. The molecular weight excluding hydrogens is 350 g/mol. The summed E-state index contributed by atoms with van der Waals surface area (Å²) in [5.74, 6) is 3.72. The first kappa shape index (κ1) is 17.9. The predicted molar refractivity (Wildman–Crippen MR) is 106 cm³/mol. The van der Waals surface area contributed by atoms with E-state index in [0.29, 0.717) is 23.7 Å². The Morgan fingerprint density at radius 2 is 1.79 bits per heavy atom. The van der Waals surface area contributed by atoms with Crippen molar-refractivity contribution in [2.24, 2.45) is 11.8 Å². The van der Waals surface area contributed by atoms with E-state index < -0.39 is 0 Å². The molecule has 4 atom stereocenters. The van der Waals surface area contributed by atoms with Gasteiger partial charge in [-0.3, -0.25) is 4.79 Å². The maximum atomic E-state index is 12.4. The lowest BCUT2D eigenvalue weighted by molar-refractivity contribution is -0.137. The Bertz CT molecular complexity index is 827. The molecule has 4 unspecified atom stereocenters. The number of aromatic nitrogens is 2. The molecule has 2 aromatic rings. The van der Waals surface area contributed by atoms with Crippen molar-refractivity contribution in [3.05, 3.63) is 47.7 Å². The monoisotopic (exact) mass is 379 g/mol. The average molecular weight is 380 g/mol. The van der Waals surface area contributed by atoms with Gasteiger partial charge in [0, 0.05) is 24.9 Å². The minimum atomic E-state index is 0.211. The summed E-state index contributed by atoms with van der Waals surface area (Å²) in [6, 6.07) is 10.7. The topological polar surface area (TPSA) is 59.2 Å². The number of amides is 1. The van der Waals surface area contributed by atoms with Gasteiger partial charge in [-0.25, -0.2) is 0 Å². The zero-order valence-corrected chi connectivity index (χ0v) is 16.6. The van der Waals surface area contributed by atoms with Crippen molar-refractivity contribution in [1.82, 2.24) is 15.1 Å². The molecule has 1 aliphatic heterocycles. The van der Waals surface area contributed by atoms with Gasteiger partial charge in [-0.1, -0.05) is 56.5 Å². The fourth-order valence-electron chi connectivity index (χ4n) is 5.14. The summed E-state index contributed by atoms with van der Waals surface area (Å²) in [5.41, 5.74) is 1.38. The van der Waals surface area contributed by atoms with Gasteiger partial charge in [-0.2, -0.15) is 0 Å². The van der Waals surface area contributed by atoms with Gasteiger partial charge in [0.25, 0.3) is 0 Å². The van der Waals surface area contributed by atoms with Crippen molar-refractivity contribution in [2.45, 2.75) is 63.2 Å². The maximum absolute atomic E-state index is 12.4. The normalized spacial score (nSPS) is 30.1. The van der Waals surface area contributed by atoms with E-state index >= 15 is 0 Å². The molecule has 2 heterocycles. The zero-order valence-electron chi connectivity index (χ0n) is 16.6. The van der Waals surface area contributed by atoms with Gasteiger partial charge in [0.2, 0.25) is 17.7 Å². The summed E-state index contributed by atoms with van der Waals surface area (Å²) >= 11 is 0. The number of carbonyl (C=O) groups excluding carboxylic acids is 1. The van der Waals surface area contributed by atoms with Crippen molar-refractivity contribution >= 4 is 5.91 Å². The van der Waals surface area contributed by atoms with E-state index in [0.717, 1.165) is 44.1 Å². The first-order chi connectivity index (χ1) is 13.7. The van der Waals surface area contributed by atoms with Crippen LogP contribution in [-0.4, -0.2) is 34.1 Å². The Morgan fingerprint density at radius 3 is 2.50 bits per heavy atom. The second-order valence-electron chi connectivity index (χ2n) is 8.84. The third-order valence-corrected chi connectivity index (χ3v) is 7.07. The molecule has 2 aliphatic carbocycles. The number of likely N-dealkylation sites (tertiary alicyclic amines) is 1. The fourth-order valence-corrected chi connectivity index (χ4v) is 5.14. The molecule has 28 heavy (non-hydrogen) atoms. The average Bonchev–Trinajstić information content (AvgIpc) is 3.36. The summed E-state index contributed by atoms with van der Waals surface area (Å²) < 4.78 is 6.17. The quantitative estimate of drug-likeness (QED) is 0.768. The summed E-state index contributed by atoms with van der Waals surface area (Å²) in [6.07, 6.45) is 6.96. The minimum absolute atomic E-state index is 0.211. The van der Waals surface area contributed by atoms with Crippen molar-refractivity contribution in [2.75, 3.05) is 13.1 Å². The van der Waals surface area contributed by atoms with Crippen LogP contribution in [0.4, 0.5) is 0 Å². The van der Waals surface area contributed by atoms with Gasteiger partial charge < -0.3 is 9.32 Å². The highest BCUT2D eigenvalue weighted by molar-refractivity contribution is 5.82. The molecule has 1 amide bonds. The highest BCUT2D eigenvalue weighted by Crippen LogP contribution is 2.45. The van der Waals surface area contributed by atoms with E-state index in [1.807, 2.05) is 4.90 Å². The van der Waals surface area contributed by atoms with Crippen molar-refractivity contribution in [1.29, 1.82) is 0 Å². The lowest BCUT2D eigenvalue weighted by Gasteiger charge is -2.37. The molecule has 2 saturated carbocycles. The van der Waals surface area contributed by atoms with Crippen LogP contribution in [0.3, 0.4) is 0 Å². The molecule has 1 saturated heterocycles. The molecule has 0 spiro atoms. The van der Waals surface area contributed by atoms with Crippen molar-refractivity contribution in [3.8, 4) is 0 Å². The standard InChI is InChI=1S/C23H29N3O2/c1-2-15-12-20(15)23(27)26-13-17(14-26)21-24-25-22(28-21)19-11-7-6-10-18(19)16-8-4-3-5-9-16/h3-5,8-9,15,17-20H,2,6-7,10-14H2,1H3. The smallest absolute Gasteiger partial charge is 0.226 e. The molecule has 1 aromatic heterocycles. The molecule has 5 rings (SSSR count). The van der Waals surface area contributed by atoms with Gasteiger partial charge in [-0.05, 0) is 36.7 Å². The summed E-state index contributed by atoms with van der Waals surface area (Å²) in [6.45, 7) is 3.64. The second-order valence-corrected chi connectivity index (χ2v) is 8.84. The number of hydrogen-bond donors (Lipinski definition) is 0. The molecule has 1 aromatic carbocycles. The lowest BCUT2D eigenvalue weighted by atomic mass is 9.75. The highest BCUT2D eigenvalue weighted by atomic mass is 16.4. The molecule has 148 valence electrons. The molecule has 3 aliphatic rings. The van der Waals surface area contributed by atoms with Crippen LogP contribution >= 0.6 is 0 Å². The number of rotatable bonds is 5. The molecule has 5 nitrogen and oxygen atoms in total. The van der Waals surface area contributed by atoms with Gasteiger partial charge in [0.15, 0.2) is 0 Å². The largest absolute Gasteiger partial charge is 0.425 e. The molecule has 0 N–H and O–H groups in total. The number of hydrogen-bond acceptors (Lipinski definition) is 4. The van der Waals surface area contributed by atoms with Crippen LogP contribution in [0.5, 0.6) is 0 Å². The Labute approximate surface area is 166 Å². The van der Waals surface area contributed by atoms with Gasteiger partial charge in [0.05, 0.1) is 5.92 Å². The van der Waals surface area contributed by atoms with E-state index in [9.17, 15) is 4.79 Å². The van der Waals surface area contributed by atoms with E-state index in [1.165, 1.54) is 24.8 Å². The fraction of sp³-hybridized carbons (Fsp3) is 0.609.